The molecule has 0 spiro atoms. The normalized spacial score (nSPS) is 17.0. The quantitative estimate of drug-likeness (QED) is 0.162. The molecule has 51 heavy (non-hydrogen) atoms. The van der Waals surface area contributed by atoms with Crippen molar-refractivity contribution < 1.29 is 28.9 Å². The number of carboxylic acids is 1. The second-order valence-corrected chi connectivity index (χ2v) is 13.9. The van der Waals surface area contributed by atoms with Crippen LogP contribution < -0.4 is 9.47 Å². The van der Waals surface area contributed by atoms with Gasteiger partial charge in [0.25, 0.3) is 0 Å². The van der Waals surface area contributed by atoms with Gasteiger partial charge in [0, 0.05) is 62.4 Å². The molecule has 0 saturated carbocycles. The minimum atomic E-state index is -0.770. The Morgan fingerprint density at radius 3 is 2.39 bits per heavy atom. The third-order valence-electron chi connectivity index (χ3n) is 10.2. The number of halogens is 1. The van der Waals surface area contributed by atoms with Crippen molar-refractivity contribution in [2.24, 2.45) is 5.92 Å². The van der Waals surface area contributed by atoms with Crippen molar-refractivity contribution in [2.75, 3.05) is 40.4 Å². The molecule has 262 valence electrons. The van der Waals surface area contributed by atoms with E-state index < -0.39 is 5.97 Å². The monoisotopic (exact) mass is 707 g/mol. The lowest BCUT2D eigenvalue weighted by Gasteiger charge is -2.37. The highest BCUT2D eigenvalue weighted by Gasteiger charge is 2.33. The first-order valence-electron chi connectivity index (χ1n) is 17.0. The Balaban J connectivity index is 1.12. The van der Waals surface area contributed by atoms with Gasteiger partial charge in [0.2, 0.25) is 5.89 Å². The molecule has 4 aromatic carbocycles. The van der Waals surface area contributed by atoms with E-state index in [0.29, 0.717) is 66.2 Å². The van der Waals surface area contributed by atoms with Gasteiger partial charge >= 0.3 is 5.97 Å². The number of likely N-dealkylation sites (tertiary alicyclic amines) is 2. The second kappa shape index (κ2) is 13.3. The summed E-state index contributed by atoms with van der Waals surface area (Å²) in [7, 11) is 3.25. The number of benzene rings is 4. The molecular formula is C39H38ClN5O6. The zero-order valence-electron chi connectivity index (χ0n) is 28.6. The summed E-state index contributed by atoms with van der Waals surface area (Å²) in [6.45, 7) is 5.77. The number of oxazole rings is 1. The summed E-state index contributed by atoms with van der Waals surface area (Å²) in [4.78, 5) is 20.5. The van der Waals surface area contributed by atoms with Crippen LogP contribution in [0.2, 0.25) is 5.02 Å². The third kappa shape index (κ3) is 6.10. The van der Waals surface area contributed by atoms with Gasteiger partial charge < -0.3 is 24.1 Å². The molecule has 6 aromatic rings. The number of nitrogens with zero attached hydrogens (tertiary/aromatic N) is 5. The summed E-state index contributed by atoms with van der Waals surface area (Å²) in [6, 6.07) is 20.1. The highest BCUT2D eigenvalue weighted by Crippen LogP contribution is 2.40. The number of hydrogen-bond acceptors (Lipinski definition) is 9. The van der Waals surface area contributed by atoms with Gasteiger partial charge in [-0.3, -0.25) is 14.6 Å². The van der Waals surface area contributed by atoms with Crippen molar-refractivity contribution in [3.8, 4) is 39.8 Å². The lowest BCUT2D eigenvalue weighted by atomic mass is 9.94. The summed E-state index contributed by atoms with van der Waals surface area (Å²) < 4.78 is 19.8. The van der Waals surface area contributed by atoms with Crippen LogP contribution in [-0.4, -0.2) is 87.2 Å². The zero-order chi connectivity index (χ0) is 35.4. The fraction of sp³-hybridized carbons (Fsp3) is 0.308. The number of hydrogen-bond donors (Lipinski definition) is 2. The molecule has 2 fully saturated rings. The molecular weight excluding hydrogens is 670 g/mol. The number of aliphatic hydroxyl groups excluding tert-OH is 1. The van der Waals surface area contributed by atoms with Gasteiger partial charge in [-0.15, -0.1) is 0 Å². The van der Waals surface area contributed by atoms with Gasteiger partial charge in [0.15, 0.2) is 5.58 Å². The SMILES string of the molecule is COc1cc(-n2ncc3c(-c4cccc(-c5nc6cc(CN7CC[C@@H](O)C7)cc(Cl)c6o5)c4C)cccc32)cc(OC)c1CN1CC(C(=O)O)C1. The summed E-state index contributed by atoms with van der Waals surface area (Å²) in [5.41, 5.74) is 8.76. The van der Waals surface area contributed by atoms with E-state index in [1.165, 1.54) is 0 Å². The van der Waals surface area contributed by atoms with Gasteiger partial charge in [-0.25, -0.2) is 9.67 Å². The molecule has 0 aliphatic carbocycles. The van der Waals surface area contributed by atoms with Gasteiger partial charge in [0.1, 0.15) is 17.0 Å². The highest BCUT2D eigenvalue weighted by atomic mass is 35.5. The summed E-state index contributed by atoms with van der Waals surface area (Å²) in [5.74, 6) is 0.671. The maximum Gasteiger partial charge on any atom is 0.309 e. The number of carboxylic acid groups (broad SMARTS) is 1. The molecule has 0 radical (unpaired) electrons. The maximum absolute atomic E-state index is 11.3. The number of aliphatic carboxylic acids is 1. The molecule has 2 saturated heterocycles. The number of aliphatic hydroxyl groups is 1. The van der Waals surface area contributed by atoms with E-state index in [1.54, 1.807) is 14.2 Å². The molecule has 2 aliphatic heterocycles. The number of aromatic nitrogens is 3. The van der Waals surface area contributed by atoms with E-state index in [-0.39, 0.29) is 12.0 Å². The molecule has 1 atom stereocenters. The van der Waals surface area contributed by atoms with E-state index in [9.17, 15) is 15.0 Å². The van der Waals surface area contributed by atoms with Crippen LogP contribution in [0.4, 0.5) is 0 Å². The summed E-state index contributed by atoms with van der Waals surface area (Å²) >= 11 is 6.71. The number of carbonyl (C=O) groups is 1. The maximum atomic E-state index is 11.3. The summed E-state index contributed by atoms with van der Waals surface area (Å²) in [5, 5.41) is 25.6. The lowest BCUT2D eigenvalue weighted by molar-refractivity contribution is -0.147. The van der Waals surface area contributed by atoms with Gasteiger partial charge in [-0.05, 0) is 59.9 Å². The number of fused-ring (bicyclic) bond motifs is 2. The fourth-order valence-corrected chi connectivity index (χ4v) is 7.72. The predicted molar refractivity (Wildman–Crippen MR) is 195 cm³/mol. The smallest absolute Gasteiger partial charge is 0.309 e. The molecule has 2 aliphatic rings. The number of methoxy groups -OCH3 is 2. The Morgan fingerprint density at radius 2 is 1.69 bits per heavy atom. The van der Waals surface area contributed by atoms with Crippen molar-refractivity contribution in [2.45, 2.75) is 32.5 Å². The van der Waals surface area contributed by atoms with Crippen LogP contribution in [0.1, 0.15) is 23.1 Å². The van der Waals surface area contributed by atoms with E-state index in [0.717, 1.165) is 62.9 Å². The van der Waals surface area contributed by atoms with Crippen LogP contribution in [0.25, 0.3) is 50.3 Å². The van der Waals surface area contributed by atoms with Crippen LogP contribution in [0, 0.1) is 12.8 Å². The van der Waals surface area contributed by atoms with Crippen molar-refractivity contribution in [1.82, 2.24) is 24.6 Å². The minimum Gasteiger partial charge on any atom is -0.496 e. The van der Waals surface area contributed by atoms with Crippen molar-refractivity contribution in [3.63, 3.8) is 0 Å². The molecule has 11 nitrogen and oxygen atoms in total. The van der Waals surface area contributed by atoms with Crippen LogP contribution >= 0.6 is 11.6 Å². The molecule has 2 N–H and O–H groups in total. The highest BCUT2D eigenvalue weighted by molar-refractivity contribution is 6.34. The van der Waals surface area contributed by atoms with Gasteiger partial charge in [0.05, 0.1) is 54.2 Å². The number of ether oxygens (including phenoxy) is 2. The molecule has 0 bridgehead atoms. The van der Waals surface area contributed by atoms with Gasteiger partial charge in [-0.1, -0.05) is 35.9 Å². The zero-order valence-corrected chi connectivity index (χ0v) is 29.4. The first-order valence-corrected chi connectivity index (χ1v) is 17.4. The second-order valence-electron chi connectivity index (χ2n) is 13.5. The molecule has 4 heterocycles. The number of β-amino-alcohol motifs (C(OH)–C–C–N with tert-alkyl or cyclic N) is 1. The van der Waals surface area contributed by atoms with Crippen LogP contribution in [0.5, 0.6) is 11.5 Å². The molecule has 12 heteroatoms. The average molecular weight is 708 g/mol. The van der Waals surface area contributed by atoms with Crippen LogP contribution in [0.15, 0.2) is 71.3 Å². The van der Waals surface area contributed by atoms with Crippen molar-refractivity contribution >= 4 is 39.6 Å². The Hall–Kier alpha value is -4.94. The Morgan fingerprint density at radius 1 is 0.961 bits per heavy atom. The Bertz CT molecular complexity index is 2270. The first-order chi connectivity index (χ1) is 24.7. The topological polar surface area (TPSA) is 126 Å². The molecule has 0 amide bonds. The van der Waals surface area contributed by atoms with E-state index in [2.05, 4.69) is 28.9 Å². The number of rotatable bonds is 10. The first kappa shape index (κ1) is 33.2. The molecule has 8 rings (SSSR count). The largest absolute Gasteiger partial charge is 0.496 e. The van der Waals surface area contributed by atoms with E-state index >= 15 is 0 Å². The lowest BCUT2D eigenvalue weighted by Crippen LogP contribution is -2.49. The van der Waals surface area contributed by atoms with Crippen LogP contribution in [0.3, 0.4) is 0 Å². The van der Waals surface area contributed by atoms with Crippen LogP contribution in [-0.2, 0) is 17.9 Å². The summed E-state index contributed by atoms with van der Waals surface area (Å²) in [6.07, 6.45) is 2.37. The Kier molecular flexibility index (Phi) is 8.67. The molecule has 0 unspecified atom stereocenters. The van der Waals surface area contributed by atoms with E-state index in [1.807, 2.05) is 59.4 Å². The van der Waals surface area contributed by atoms with Gasteiger partial charge in [-0.2, -0.15) is 5.10 Å². The third-order valence-corrected chi connectivity index (χ3v) is 10.4. The average Bonchev–Trinajstić information content (AvgIpc) is 3.84. The molecule has 2 aromatic heterocycles. The standard InChI is InChI=1S/C39H38ClN5O6/c1-22-27(6-4-7-28(22)38-42-33-13-23(12-32(40)37(33)51-38)17-43-11-10-26(46)20-43)29-8-5-9-34-30(29)16-41-45(34)25-14-35(49-2)31(36(15-25)50-3)21-44-18-24(19-44)39(47)48/h4-9,12-16,24,26,46H,10-11,17-21H2,1-3H3,(H,47,48)/t26-/m1/s1. The van der Waals surface area contributed by atoms with Crippen molar-refractivity contribution in [1.29, 1.82) is 0 Å². The van der Waals surface area contributed by atoms with Crippen molar-refractivity contribution in [3.05, 3.63) is 88.6 Å². The fourth-order valence-electron chi connectivity index (χ4n) is 7.44. The minimum absolute atomic E-state index is 0.282. The Labute approximate surface area is 299 Å². The predicted octanol–water partition coefficient (Wildman–Crippen LogP) is 6.56. The van der Waals surface area contributed by atoms with E-state index in [4.69, 9.17) is 35.6 Å².